The van der Waals surface area contributed by atoms with Crippen molar-refractivity contribution in [2.45, 2.75) is 18.9 Å². The molecule has 0 aliphatic carbocycles. The molecule has 0 aliphatic heterocycles. The van der Waals surface area contributed by atoms with E-state index in [9.17, 15) is 9.18 Å². The Balaban J connectivity index is 0.00000280. The predicted octanol–water partition coefficient (Wildman–Crippen LogP) is 3.32. The number of hydrogen-bond acceptors (Lipinski definition) is 4. The zero-order chi connectivity index (χ0) is 19.2. The highest BCUT2D eigenvalue weighted by Gasteiger charge is 2.11. The average molecular weight is 407 g/mol. The Kier molecular flexibility index (Phi) is 7.80. The third-order valence-electron chi connectivity index (χ3n) is 4.19. The van der Waals surface area contributed by atoms with Gasteiger partial charge < -0.3 is 26.5 Å². The van der Waals surface area contributed by atoms with Crippen LogP contribution in [-0.2, 0) is 0 Å². The monoisotopic (exact) mass is 406 g/mol. The van der Waals surface area contributed by atoms with E-state index in [4.69, 9.17) is 16.2 Å². The lowest BCUT2D eigenvalue weighted by molar-refractivity contribution is 0.0946. The maximum absolute atomic E-state index is 13.0. The first-order valence-corrected chi connectivity index (χ1v) is 8.85. The molecule has 2 aromatic carbocycles. The summed E-state index contributed by atoms with van der Waals surface area (Å²) >= 11 is 0. The number of rotatable bonds is 8. The van der Waals surface area contributed by atoms with Gasteiger partial charge in [0.1, 0.15) is 23.0 Å². The van der Waals surface area contributed by atoms with Gasteiger partial charge in [-0.3, -0.25) is 4.79 Å². The summed E-state index contributed by atoms with van der Waals surface area (Å²) in [7, 11) is 0. The number of amides is 1. The van der Waals surface area contributed by atoms with Gasteiger partial charge in [-0.25, -0.2) is 4.39 Å². The zero-order valence-electron chi connectivity index (χ0n) is 15.3. The molecule has 0 aliphatic rings. The summed E-state index contributed by atoms with van der Waals surface area (Å²) < 4.78 is 18.7. The van der Waals surface area contributed by atoms with Crippen LogP contribution in [0.4, 0.5) is 4.39 Å². The normalized spacial score (nSPS) is 11.7. The number of ether oxygens (including phenoxy) is 1. The number of carbonyl (C=O) groups excluding carboxylic acids is 1. The third-order valence-corrected chi connectivity index (χ3v) is 4.19. The molecule has 0 fully saturated rings. The van der Waals surface area contributed by atoms with Gasteiger partial charge in [-0.15, -0.1) is 12.4 Å². The van der Waals surface area contributed by atoms with E-state index < -0.39 is 0 Å². The van der Waals surface area contributed by atoms with Crippen LogP contribution >= 0.6 is 12.4 Å². The number of halogens is 2. The first-order chi connectivity index (χ1) is 13.0. The van der Waals surface area contributed by atoms with E-state index in [2.05, 4.69) is 10.3 Å². The molecule has 0 saturated heterocycles. The summed E-state index contributed by atoms with van der Waals surface area (Å²) in [5.74, 6) is 0.592. The van der Waals surface area contributed by atoms with Gasteiger partial charge in [0.2, 0.25) is 0 Å². The Morgan fingerprint density at radius 3 is 2.57 bits per heavy atom. The molecule has 0 saturated carbocycles. The molecule has 6 nitrogen and oxygen atoms in total. The highest BCUT2D eigenvalue weighted by atomic mass is 35.5. The van der Waals surface area contributed by atoms with Gasteiger partial charge >= 0.3 is 0 Å². The van der Waals surface area contributed by atoms with Crippen molar-refractivity contribution < 1.29 is 13.9 Å². The molecule has 3 aromatic rings. The topological polar surface area (TPSA) is 106 Å². The van der Waals surface area contributed by atoms with Crippen molar-refractivity contribution in [3.63, 3.8) is 0 Å². The van der Waals surface area contributed by atoms with E-state index in [0.717, 1.165) is 23.7 Å². The maximum atomic E-state index is 13.0. The van der Waals surface area contributed by atoms with Gasteiger partial charge in [0.05, 0.1) is 0 Å². The SMILES string of the molecule is Cl.NCCCC(N)CNC(=O)c1cc2ccc(Oc3ccc(F)cc3)cc2[nH]1. The summed E-state index contributed by atoms with van der Waals surface area (Å²) in [5, 5.41) is 3.71. The second-order valence-electron chi connectivity index (χ2n) is 6.39. The number of carbonyl (C=O) groups is 1. The van der Waals surface area contributed by atoms with Crippen molar-refractivity contribution in [3.05, 3.63) is 60.0 Å². The minimum Gasteiger partial charge on any atom is -0.457 e. The third kappa shape index (κ3) is 5.69. The first-order valence-electron chi connectivity index (χ1n) is 8.85. The van der Waals surface area contributed by atoms with E-state index in [0.29, 0.717) is 30.3 Å². The second kappa shape index (κ2) is 10.1. The van der Waals surface area contributed by atoms with E-state index in [-0.39, 0.29) is 30.2 Å². The summed E-state index contributed by atoms with van der Waals surface area (Å²) in [6, 6.07) is 12.9. The minimum absolute atomic E-state index is 0. The lowest BCUT2D eigenvalue weighted by atomic mass is 10.1. The smallest absolute Gasteiger partial charge is 0.267 e. The van der Waals surface area contributed by atoms with Crippen LogP contribution in [0.25, 0.3) is 10.9 Å². The van der Waals surface area contributed by atoms with Gasteiger partial charge in [-0.1, -0.05) is 0 Å². The van der Waals surface area contributed by atoms with Crippen molar-refractivity contribution in [1.82, 2.24) is 10.3 Å². The van der Waals surface area contributed by atoms with Gasteiger partial charge in [0.15, 0.2) is 0 Å². The number of aromatic nitrogens is 1. The van der Waals surface area contributed by atoms with E-state index in [1.54, 1.807) is 30.3 Å². The number of benzene rings is 2. The molecular formula is C20H24ClFN4O2. The van der Waals surface area contributed by atoms with Crippen LogP contribution in [-0.4, -0.2) is 30.0 Å². The molecule has 1 unspecified atom stereocenters. The minimum atomic E-state index is -0.319. The van der Waals surface area contributed by atoms with Crippen LogP contribution in [0.3, 0.4) is 0 Å². The highest BCUT2D eigenvalue weighted by Crippen LogP contribution is 2.26. The van der Waals surface area contributed by atoms with Crippen LogP contribution in [0.1, 0.15) is 23.3 Å². The Morgan fingerprint density at radius 1 is 1.14 bits per heavy atom. The van der Waals surface area contributed by atoms with Gasteiger partial charge in [0, 0.05) is 29.6 Å². The molecule has 1 atom stereocenters. The van der Waals surface area contributed by atoms with E-state index >= 15 is 0 Å². The molecule has 0 radical (unpaired) electrons. The van der Waals surface area contributed by atoms with Gasteiger partial charge in [-0.2, -0.15) is 0 Å². The molecular weight excluding hydrogens is 383 g/mol. The largest absolute Gasteiger partial charge is 0.457 e. The number of aromatic amines is 1. The van der Waals surface area contributed by atoms with Crippen molar-refractivity contribution in [1.29, 1.82) is 0 Å². The Morgan fingerprint density at radius 2 is 1.86 bits per heavy atom. The van der Waals surface area contributed by atoms with E-state index in [1.165, 1.54) is 12.1 Å². The lowest BCUT2D eigenvalue weighted by Gasteiger charge is -2.11. The second-order valence-corrected chi connectivity index (χ2v) is 6.39. The molecule has 150 valence electrons. The molecule has 1 amide bonds. The Labute approximate surface area is 168 Å². The number of H-pyrrole nitrogens is 1. The van der Waals surface area contributed by atoms with E-state index in [1.807, 2.05) is 6.07 Å². The molecule has 0 bridgehead atoms. The molecule has 6 N–H and O–H groups in total. The average Bonchev–Trinajstić information content (AvgIpc) is 3.09. The quantitative estimate of drug-likeness (QED) is 0.460. The fraction of sp³-hybridized carbons (Fsp3) is 0.250. The van der Waals surface area contributed by atoms with Crippen molar-refractivity contribution >= 4 is 29.2 Å². The Bertz CT molecular complexity index is 914. The molecule has 1 heterocycles. The summed E-state index contributed by atoms with van der Waals surface area (Å²) in [5.41, 5.74) is 12.6. The lowest BCUT2D eigenvalue weighted by Crippen LogP contribution is -2.37. The molecule has 3 rings (SSSR count). The number of hydrogen-bond donors (Lipinski definition) is 4. The molecule has 28 heavy (non-hydrogen) atoms. The fourth-order valence-electron chi connectivity index (χ4n) is 2.73. The van der Waals surface area contributed by atoms with Crippen LogP contribution in [0.2, 0.25) is 0 Å². The zero-order valence-corrected chi connectivity index (χ0v) is 16.1. The predicted molar refractivity (Wildman–Crippen MR) is 111 cm³/mol. The summed E-state index contributed by atoms with van der Waals surface area (Å²) in [4.78, 5) is 15.4. The van der Waals surface area contributed by atoms with Crippen molar-refractivity contribution in [2.24, 2.45) is 11.5 Å². The number of nitrogens with two attached hydrogens (primary N) is 2. The molecule has 1 aromatic heterocycles. The van der Waals surface area contributed by atoms with Gasteiger partial charge in [0.25, 0.3) is 5.91 Å². The van der Waals surface area contributed by atoms with Gasteiger partial charge in [-0.05, 0) is 61.9 Å². The molecule has 8 heteroatoms. The summed E-state index contributed by atoms with van der Waals surface area (Å²) in [6.07, 6.45) is 1.60. The summed E-state index contributed by atoms with van der Waals surface area (Å²) in [6.45, 7) is 0.985. The fourth-order valence-corrected chi connectivity index (χ4v) is 2.73. The standard InChI is InChI=1S/C20H23FN4O2.ClH/c21-14-4-7-16(8-5-14)27-17-6-3-13-10-19(25-18(13)11-17)20(26)24-12-15(23)2-1-9-22;/h3-8,10-11,15,25H,1-2,9,12,22-23H2,(H,24,26);1H. The first kappa shape index (κ1) is 21.7. The van der Waals surface area contributed by atoms with Crippen LogP contribution < -0.4 is 21.5 Å². The van der Waals surface area contributed by atoms with Crippen LogP contribution in [0.5, 0.6) is 11.5 Å². The number of nitrogens with one attached hydrogen (secondary N) is 2. The Hall–Kier alpha value is -2.61. The van der Waals surface area contributed by atoms with Crippen LogP contribution in [0.15, 0.2) is 48.5 Å². The van der Waals surface area contributed by atoms with Crippen molar-refractivity contribution in [2.75, 3.05) is 13.1 Å². The van der Waals surface area contributed by atoms with Crippen LogP contribution in [0, 0.1) is 5.82 Å². The maximum Gasteiger partial charge on any atom is 0.267 e. The molecule has 0 spiro atoms. The number of fused-ring (bicyclic) bond motifs is 1. The van der Waals surface area contributed by atoms with Crippen molar-refractivity contribution in [3.8, 4) is 11.5 Å². The highest BCUT2D eigenvalue weighted by molar-refractivity contribution is 5.98.